The highest BCUT2D eigenvalue weighted by Gasteiger charge is 2.17. The second-order valence-electron chi connectivity index (χ2n) is 6.47. The molecule has 3 rings (SSSR count). The Morgan fingerprint density at radius 1 is 1.07 bits per heavy atom. The zero-order chi connectivity index (χ0) is 19.4. The molecule has 0 bridgehead atoms. The van der Waals surface area contributed by atoms with Gasteiger partial charge < -0.3 is 14.9 Å². The lowest BCUT2D eigenvalue weighted by Crippen LogP contribution is -1.98. The smallest absolute Gasteiger partial charge is 0.303 e. The summed E-state index contributed by atoms with van der Waals surface area (Å²) < 4.78 is 5.37. The fourth-order valence-corrected chi connectivity index (χ4v) is 3.31. The van der Waals surface area contributed by atoms with Crippen molar-refractivity contribution in [1.82, 2.24) is 0 Å². The van der Waals surface area contributed by atoms with E-state index in [1.165, 1.54) is 7.11 Å². The molecule has 0 aliphatic rings. The molecule has 0 saturated carbocycles. The molecule has 0 aliphatic heterocycles. The third-order valence-corrected chi connectivity index (χ3v) is 4.67. The maximum Gasteiger partial charge on any atom is 0.303 e. The number of phenols is 1. The lowest BCUT2D eigenvalue weighted by atomic mass is 9.91. The third kappa shape index (κ3) is 3.95. The maximum absolute atomic E-state index is 10.9. The first kappa shape index (κ1) is 18.5. The Morgan fingerprint density at radius 2 is 1.81 bits per heavy atom. The molecule has 0 radical (unpaired) electrons. The molecule has 4 nitrogen and oxygen atoms in total. The van der Waals surface area contributed by atoms with Crippen molar-refractivity contribution in [2.75, 3.05) is 7.11 Å². The van der Waals surface area contributed by atoms with E-state index >= 15 is 0 Å². The van der Waals surface area contributed by atoms with Crippen LogP contribution in [0.1, 0.15) is 29.5 Å². The second kappa shape index (κ2) is 7.96. The van der Waals surface area contributed by atoms with Crippen LogP contribution in [0.2, 0.25) is 0 Å². The van der Waals surface area contributed by atoms with E-state index in [2.05, 4.69) is 6.58 Å². The van der Waals surface area contributed by atoms with E-state index in [4.69, 9.17) is 9.84 Å². The van der Waals surface area contributed by atoms with E-state index in [1.54, 1.807) is 6.07 Å². The van der Waals surface area contributed by atoms with Gasteiger partial charge >= 0.3 is 5.97 Å². The lowest BCUT2D eigenvalue weighted by Gasteiger charge is -2.16. The molecule has 0 atom stereocenters. The predicted molar refractivity (Wildman–Crippen MR) is 107 cm³/mol. The lowest BCUT2D eigenvalue weighted by molar-refractivity contribution is -0.136. The Hall–Kier alpha value is -3.27. The molecule has 2 N–H and O–H groups in total. The molecule has 0 aliphatic carbocycles. The molecule has 0 fully saturated rings. The van der Waals surface area contributed by atoms with Gasteiger partial charge in [-0.15, -0.1) is 0 Å². The summed E-state index contributed by atoms with van der Waals surface area (Å²) in [6, 6.07) is 17.6. The van der Waals surface area contributed by atoms with Crippen LogP contribution >= 0.6 is 0 Å². The number of carboxylic acid groups (broad SMARTS) is 1. The van der Waals surface area contributed by atoms with Crippen LogP contribution in [0.25, 0.3) is 16.3 Å². The van der Waals surface area contributed by atoms with Gasteiger partial charge in [-0.1, -0.05) is 55.1 Å². The summed E-state index contributed by atoms with van der Waals surface area (Å²) in [7, 11) is 1.50. The Kier molecular flexibility index (Phi) is 5.46. The number of allylic oxidation sites excluding steroid dienone is 1. The molecule has 0 aromatic heterocycles. The number of benzene rings is 3. The predicted octanol–water partition coefficient (Wildman–Crippen LogP) is 5.02. The quantitative estimate of drug-likeness (QED) is 0.619. The van der Waals surface area contributed by atoms with Gasteiger partial charge in [0.1, 0.15) is 0 Å². The average molecular weight is 362 g/mol. The van der Waals surface area contributed by atoms with Gasteiger partial charge in [0.25, 0.3) is 0 Å². The minimum absolute atomic E-state index is 0.00717. The van der Waals surface area contributed by atoms with Gasteiger partial charge in [0.05, 0.1) is 7.11 Å². The highest BCUT2D eigenvalue weighted by Crippen LogP contribution is 2.42. The normalized spacial score (nSPS) is 10.7. The van der Waals surface area contributed by atoms with E-state index in [0.29, 0.717) is 29.6 Å². The number of carboxylic acids is 1. The fraction of sp³-hybridized carbons (Fsp3) is 0.174. The number of ether oxygens (including phenoxy) is 1. The molecule has 4 heteroatoms. The van der Waals surface area contributed by atoms with E-state index in [0.717, 1.165) is 22.1 Å². The summed E-state index contributed by atoms with van der Waals surface area (Å²) in [5, 5.41) is 21.3. The van der Waals surface area contributed by atoms with Gasteiger partial charge in [-0.05, 0) is 46.6 Å². The first-order chi connectivity index (χ1) is 13.0. The number of phenolic OH excluding ortho intramolecular Hbond substituents is 1. The van der Waals surface area contributed by atoms with E-state index in [1.807, 2.05) is 48.5 Å². The average Bonchev–Trinajstić information content (AvgIpc) is 2.67. The van der Waals surface area contributed by atoms with Crippen molar-refractivity contribution < 1.29 is 19.7 Å². The summed E-state index contributed by atoms with van der Waals surface area (Å²) in [6.07, 6.45) is 1.01. The monoisotopic (exact) mass is 362 g/mol. The van der Waals surface area contributed by atoms with Gasteiger partial charge in [-0.25, -0.2) is 0 Å². The van der Waals surface area contributed by atoms with E-state index < -0.39 is 5.97 Å². The molecule has 0 unspecified atom stereocenters. The molecule has 0 spiro atoms. The highest BCUT2D eigenvalue weighted by molar-refractivity contribution is 6.01. The molecule has 0 heterocycles. The van der Waals surface area contributed by atoms with Crippen molar-refractivity contribution in [1.29, 1.82) is 0 Å². The van der Waals surface area contributed by atoms with Crippen LogP contribution in [-0.2, 0) is 11.2 Å². The van der Waals surface area contributed by atoms with Gasteiger partial charge in [0.15, 0.2) is 11.5 Å². The number of hydrogen-bond acceptors (Lipinski definition) is 3. The van der Waals surface area contributed by atoms with Crippen LogP contribution in [0.4, 0.5) is 0 Å². The number of aliphatic carboxylic acids is 1. The summed E-state index contributed by atoms with van der Waals surface area (Å²) in [5.41, 5.74) is 3.62. The maximum atomic E-state index is 10.9. The van der Waals surface area contributed by atoms with Crippen LogP contribution in [0, 0.1) is 0 Å². The molecule has 3 aromatic carbocycles. The minimum Gasteiger partial charge on any atom is -0.504 e. The van der Waals surface area contributed by atoms with Gasteiger partial charge in [-0.2, -0.15) is 0 Å². The van der Waals surface area contributed by atoms with Gasteiger partial charge in [0, 0.05) is 11.8 Å². The third-order valence-electron chi connectivity index (χ3n) is 4.67. The minimum atomic E-state index is -0.865. The van der Waals surface area contributed by atoms with Crippen molar-refractivity contribution in [3.8, 4) is 11.5 Å². The number of rotatable bonds is 7. The van der Waals surface area contributed by atoms with Crippen molar-refractivity contribution in [3.05, 3.63) is 77.9 Å². The van der Waals surface area contributed by atoms with E-state index in [9.17, 15) is 9.90 Å². The molecule has 0 amide bonds. The summed E-state index contributed by atoms with van der Waals surface area (Å²) in [5.74, 6) is -0.417. The number of methoxy groups -OCH3 is 1. The molecule has 3 aromatic rings. The summed E-state index contributed by atoms with van der Waals surface area (Å²) >= 11 is 0. The van der Waals surface area contributed by atoms with Crippen LogP contribution in [0.5, 0.6) is 11.5 Å². The Bertz CT molecular complexity index is 990. The Labute approximate surface area is 158 Å². The van der Waals surface area contributed by atoms with Gasteiger partial charge in [0.2, 0.25) is 0 Å². The Morgan fingerprint density at radius 3 is 2.48 bits per heavy atom. The second-order valence-corrected chi connectivity index (χ2v) is 6.47. The van der Waals surface area contributed by atoms with Gasteiger partial charge in [-0.3, -0.25) is 4.79 Å². The van der Waals surface area contributed by atoms with Crippen molar-refractivity contribution in [2.45, 2.75) is 19.3 Å². The molecule has 27 heavy (non-hydrogen) atoms. The fourth-order valence-electron chi connectivity index (χ4n) is 3.31. The summed E-state index contributed by atoms with van der Waals surface area (Å²) in [4.78, 5) is 10.9. The Balaban J connectivity index is 2.15. The molecule has 138 valence electrons. The molecular formula is C23H22O4. The molecular weight excluding hydrogens is 340 g/mol. The largest absolute Gasteiger partial charge is 0.504 e. The van der Waals surface area contributed by atoms with Crippen LogP contribution in [-0.4, -0.2) is 23.3 Å². The zero-order valence-electron chi connectivity index (χ0n) is 15.2. The zero-order valence-corrected chi connectivity index (χ0v) is 15.2. The summed E-state index contributed by atoms with van der Waals surface area (Å²) in [6.45, 7) is 4.07. The number of fused-ring (bicyclic) bond motifs is 1. The topological polar surface area (TPSA) is 66.8 Å². The van der Waals surface area contributed by atoms with Crippen LogP contribution in [0.3, 0.4) is 0 Å². The van der Waals surface area contributed by atoms with Crippen molar-refractivity contribution in [2.24, 2.45) is 0 Å². The van der Waals surface area contributed by atoms with Crippen LogP contribution < -0.4 is 4.74 Å². The number of carbonyl (C=O) groups is 1. The number of aromatic hydroxyl groups is 1. The van der Waals surface area contributed by atoms with Crippen LogP contribution in [0.15, 0.2) is 61.2 Å². The van der Waals surface area contributed by atoms with Crippen molar-refractivity contribution >= 4 is 22.3 Å². The van der Waals surface area contributed by atoms with E-state index in [-0.39, 0.29) is 12.2 Å². The first-order valence-corrected chi connectivity index (χ1v) is 8.76. The highest BCUT2D eigenvalue weighted by atomic mass is 16.5. The standard InChI is InChI=1S/C23H22O4/c1-15(11-12-21(24)25)19-14-20(27-2)23(26)22-17(9-6-10-18(19)22)13-16-7-4-3-5-8-16/h3-10,14,26H,1,11-13H2,2H3,(H,24,25). The SMILES string of the molecule is C=C(CCC(=O)O)c1cc(OC)c(O)c2c(Cc3ccccc3)cccc12. The number of hydrogen-bond donors (Lipinski definition) is 2. The first-order valence-electron chi connectivity index (χ1n) is 8.76. The molecule has 0 saturated heterocycles. The van der Waals surface area contributed by atoms with Crippen molar-refractivity contribution in [3.63, 3.8) is 0 Å².